The van der Waals surface area contributed by atoms with Gasteiger partial charge < -0.3 is 15.2 Å². The molecule has 0 aliphatic heterocycles. The first kappa shape index (κ1) is 17.1. The second kappa shape index (κ2) is 5.74. The average Bonchev–Trinajstić information content (AvgIpc) is 2.37. The zero-order chi connectivity index (χ0) is 16.6. The second-order valence-corrected chi connectivity index (χ2v) is 8.27. The van der Waals surface area contributed by atoms with Crippen molar-refractivity contribution in [1.29, 1.82) is 0 Å². The van der Waals surface area contributed by atoms with Crippen molar-refractivity contribution in [3.63, 3.8) is 0 Å². The number of carbonyl (C=O) groups is 2. The Bertz CT molecular complexity index is 428. The number of alkyl carbamates (subject to hydrolysis) is 1. The van der Waals surface area contributed by atoms with E-state index in [-0.39, 0.29) is 29.4 Å². The van der Waals surface area contributed by atoms with Gasteiger partial charge in [0.2, 0.25) is 0 Å². The van der Waals surface area contributed by atoms with Crippen LogP contribution in [-0.2, 0) is 9.53 Å². The first-order valence-electron chi connectivity index (χ1n) is 8.29. The molecule has 2 N–H and O–H groups in total. The molecule has 0 saturated heterocycles. The van der Waals surface area contributed by atoms with Gasteiger partial charge in [0, 0.05) is 12.0 Å². The molecule has 2 bridgehead atoms. The molecule has 3 fully saturated rings. The quantitative estimate of drug-likeness (QED) is 0.829. The van der Waals surface area contributed by atoms with E-state index in [1.165, 1.54) is 0 Å². The van der Waals surface area contributed by atoms with Crippen LogP contribution in [-0.4, -0.2) is 28.3 Å². The maximum Gasteiger partial charge on any atom is 0.408 e. The summed E-state index contributed by atoms with van der Waals surface area (Å²) in [5.41, 5.74) is -0.480. The summed E-state index contributed by atoms with van der Waals surface area (Å²) in [6, 6.07) is 0. The molecule has 0 radical (unpaired) electrons. The number of amides is 1. The summed E-state index contributed by atoms with van der Waals surface area (Å²) >= 11 is 0. The summed E-state index contributed by atoms with van der Waals surface area (Å²) in [5.74, 6) is -0.513. The van der Waals surface area contributed by atoms with Crippen LogP contribution in [0.15, 0.2) is 0 Å². The first-order valence-corrected chi connectivity index (χ1v) is 8.29. The lowest BCUT2D eigenvalue weighted by Crippen LogP contribution is -2.58. The number of nitrogens with one attached hydrogen (secondary N) is 1. The van der Waals surface area contributed by atoms with Crippen molar-refractivity contribution in [2.75, 3.05) is 0 Å². The summed E-state index contributed by atoms with van der Waals surface area (Å²) in [6.07, 6.45) is 5.68. The van der Waals surface area contributed by atoms with Crippen molar-refractivity contribution in [3.8, 4) is 0 Å². The van der Waals surface area contributed by atoms with Crippen LogP contribution >= 0.6 is 0 Å². The van der Waals surface area contributed by atoms with E-state index in [0.29, 0.717) is 0 Å². The van der Waals surface area contributed by atoms with Crippen molar-refractivity contribution in [1.82, 2.24) is 5.32 Å². The van der Waals surface area contributed by atoms with Crippen LogP contribution in [0, 0.1) is 11.3 Å². The van der Waals surface area contributed by atoms with E-state index in [4.69, 9.17) is 9.84 Å². The number of aliphatic carboxylic acids is 1. The molecule has 0 unspecified atom stereocenters. The van der Waals surface area contributed by atoms with Crippen molar-refractivity contribution >= 4 is 12.1 Å². The van der Waals surface area contributed by atoms with Crippen LogP contribution < -0.4 is 5.32 Å². The lowest BCUT2D eigenvalue weighted by atomic mass is 9.53. The molecule has 3 saturated carbocycles. The van der Waals surface area contributed by atoms with Crippen LogP contribution in [0.5, 0.6) is 0 Å². The van der Waals surface area contributed by atoms with Crippen LogP contribution in [0.25, 0.3) is 0 Å². The Hall–Kier alpha value is -1.26. The maximum atomic E-state index is 12.1. The predicted octanol–water partition coefficient (Wildman–Crippen LogP) is 3.71. The molecule has 3 aliphatic rings. The Balaban J connectivity index is 1.95. The van der Waals surface area contributed by atoms with Gasteiger partial charge in [-0.05, 0) is 70.6 Å². The summed E-state index contributed by atoms with van der Waals surface area (Å²) in [6.45, 7) is 7.66. The Morgan fingerprint density at radius 3 is 2.05 bits per heavy atom. The third kappa shape index (κ3) is 3.73. The normalized spacial score (nSPS) is 32.4. The van der Waals surface area contributed by atoms with Crippen molar-refractivity contribution in [3.05, 3.63) is 0 Å². The number of fused-ring (bicyclic) bond motifs is 3. The average molecular weight is 311 g/mol. The van der Waals surface area contributed by atoms with E-state index in [9.17, 15) is 9.59 Å². The maximum absolute atomic E-state index is 12.1. The van der Waals surface area contributed by atoms with Crippen molar-refractivity contribution in [2.45, 2.75) is 83.8 Å². The van der Waals surface area contributed by atoms with Gasteiger partial charge in [-0.3, -0.25) is 4.79 Å². The van der Waals surface area contributed by atoms with E-state index in [0.717, 1.165) is 38.5 Å². The summed E-state index contributed by atoms with van der Waals surface area (Å²) in [4.78, 5) is 23.0. The van der Waals surface area contributed by atoms with Gasteiger partial charge in [0.25, 0.3) is 0 Å². The minimum Gasteiger partial charge on any atom is -0.481 e. The van der Waals surface area contributed by atoms with Gasteiger partial charge in [-0.25, -0.2) is 4.79 Å². The lowest BCUT2D eigenvalue weighted by Gasteiger charge is -2.55. The molecule has 22 heavy (non-hydrogen) atoms. The highest BCUT2D eigenvalue weighted by Crippen LogP contribution is 2.56. The Kier molecular flexibility index (Phi) is 4.46. The SMILES string of the molecule is C[C@H](CC(=O)O)C12CCC(NC(=O)OC(C)(C)C)(CC1)CC2. The molecule has 1 atom stereocenters. The van der Waals surface area contributed by atoms with Gasteiger partial charge >= 0.3 is 12.1 Å². The molecule has 126 valence electrons. The summed E-state index contributed by atoms with van der Waals surface area (Å²) < 4.78 is 5.38. The molecule has 3 rings (SSSR count). The van der Waals surface area contributed by atoms with Gasteiger partial charge in [-0.15, -0.1) is 0 Å². The van der Waals surface area contributed by atoms with E-state index >= 15 is 0 Å². The Labute approximate surface area is 132 Å². The monoisotopic (exact) mass is 311 g/mol. The van der Waals surface area contributed by atoms with Gasteiger partial charge in [-0.2, -0.15) is 0 Å². The number of carbonyl (C=O) groups excluding carboxylic acids is 1. The van der Waals surface area contributed by atoms with Gasteiger partial charge in [0.05, 0.1) is 0 Å². The van der Waals surface area contributed by atoms with Crippen molar-refractivity contribution < 1.29 is 19.4 Å². The van der Waals surface area contributed by atoms with Gasteiger partial charge in [0.1, 0.15) is 5.60 Å². The van der Waals surface area contributed by atoms with Crippen molar-refractivity contribution in [2.24, 2.45) is 11.3 Å². The number of rotatable bonds is 4. The topological polar surface area (TPSA) is 75.6 Å². The summed E-state index contributed by atoms with van der Waals surface area (Å²) in [7, 11) is 0. The highest BCUT2D eigenvalue weighted by molar-refractivity contribution is 5.69. The number of carboxylic acids is 1. The molecule has 1 amide bonds. The zero-order valence-electron chi connectivity index (χ0n) is 14.2. The van der Waals surface area contributed by atoms with Crippen LogP contribution in [0.1, 0.15) is 72.6 Å². The lowest BCUT2D eigenvalue weighted by molar-refractivity contribution is -0.140. The largest absolute Gasteiger partial charge is 0.481 e. The molecule has 3 aliphatic carbocycles. The van der Waals surface area contributed by atoms with Crippen LogP contribution in [0.2, 0.25) is 0 Å². The number of hydrogen-bond donors (Lipinski definition) is 2. The number of hydrogen-bond acceptors (Lipinski definition) is 3. The van der Waals surface area contributed by atoms with E-state index in [1.54, 1.807) is 0 Å². The smallest absolute Gasteiger partial charge is 0.408 e. The number of ether oxygens (including phenoxy) is 1. The van der Waals surface area contributed by atoms with E-state index < -0.39 is 11.6 Å². The zero-order valence-corrected chi connectivity index (χ0v) is 14.2. The fourth-order valence-electron chi connectivity index (χ4n) is 4.14. The van der Waals surface area contributed by atoms with Gasteiger partial charge in [0.15, 0.2) is 0 Å². The molecule has 0 heterocycles. The molecule has 5 heteroatoms. The minimum absolute atomic E-state index is 0.146. The van der Waals surface area contributed by atoms with Crippen LogP contribution in [0.4, 0.5) is 4.79 Å². The predicted molar refractivity (Wildman–Crippen MR) is 83.7 cm³/mol. The molecule has 0 aromatic heterocycles. The Morgan fingerprint density at radius 1 is 1.14 bits per heavy atom. The Morgan fingerprint density at radius 2 is 1.64 bits per heavy atom. The molecule has 0 spiro atoms. The molecular weight excluding hydrogens is 282 g/mol. The first-order chi connectivity index (χ1) is 10.1. The highest BCUT2D eigenvalue weighted by atomic mass is 16.6. The number of carboxylic acid groups (broad SMARTS) is 1. The van der Waals surface area contributed by atoms with Crippen LogP contribution in [0.3, 0.4) is 0 Å². The fourth-order valence-corrected chi connectivity index (χ4v) is 4.14. The highest BCUT2D eigenvalue weighted by Gasteiger charge is 2.51. The second-order valence-electron chi connectivity index (χ2n) is 8.27. The molecular formula is C17H29NO4. The third-order valence-corrected chi connectivity index (χ3v) is 5.60. The minimum atomic E-state index is -0.712. The third-order valence-electron chi connectivity index (χ3n) is 5.60. The molecule has 0 aromatic rings. The summed E-state index contributed by atoms with van der Waals surface area (Å²) in [5, 5.41) is 12.1. The van der Waals surface area contributed by atoms with Gasteiger partial charge in [-0.1, -0.05) is 6.92 Å². The molecule has 5 nitrogen and oxygen atoms in total. The fraction of sp³-hybridized carbons (Fsp3) is 0.882. The van der Waals surface area contributed by atoms with E-state index in [1.807, 2.05) is 20.8 Å². The standard InChI is InChI=1S/C17H29NO4/c1-12(11-13(19)20)16-5-8-17(9-6-16,10-7-16)18-14(21)22-15(2,3)4/h12H,5-11H2,1-4H3,(H,18,21)(H,19,20)/t12-,16?,17?/m1/s1. The molecule has 0 aromatic carbocycles. The van der Waals surface area contributed by atoms with E-state index in [2.05, 4.69) is 12.2 Å².